The smallest absolute Gasteiger partial charge is 0.236 e. The van der Waals surface area contributed by atoms with Crippen molar-refractivity contribution in [2.24, 2.45) is 0 Å². The van der Waals surface area contributed by atoms with Gasteiger partial charge in [-0.15, -0.1) is 0 Å². The minimum atomic E-state index is 0.254. The Kier molecular flexibility index (Phi) is 6.71. The van der Waals surface area contributed by atoms with Crippen LogP contribution in [0.1, 0.15) is 22.4 Å². The van der Waals surface area contributed by atoms with Crippen molar-refractivity contribution in [3.05, 3.63) is 81.2 Å². The molecule has 0 radical (unpaired) electrons. The van der Waals surface area contributed by atoms with Crippen LogP contribution in [0.15, 0.2) is 48.8 Å². The SMILES string of the molecule is COc1nc(C)c(C/C=C/c2ccncc2)c(Oc2cc(Cl)cc(C#N)c2)c1Cl. The Morgan fingerprint density at radius 3 is 2.62 bits per heavy atom. The van der Waals surface area contributed by atoms with Gasteiger partial charge in [-0.2, -0.15) is 5.26 Å². The molecule has 3 rings (SSSR count). The van der Waals surface area contributed by atoms with Gasteiger partial charge in [-0.25, -0.2) is 4.98 Å². The molecule has 0 spiro atoms. The Labute approximate surface area is 179 Å². The molecule has 7 heteroatoms. The molecule has 146 valence electrons. The predicted molar refractivity (Wildman–Crippen MR) is 114 cm³/mol. The molecule has 2 aromatic heterocycles. The lowest BCUT2D eigenvalue weighted by Gasteiger charge is -2.16. The summed E-state index contributed by atoms with van der Waals surface area (Å²) in [6.45, 7) is 1.86. The molecule has 0 N–H and O–H groups in total. The van der Waals surface area contributed by atoms with E-state index in [-0.39, 0.29) is 10.9 Å². The first-order valence-electron chi connectivity index (χ1n) is 8.70. The van der Waals surface area contributed by atoms with Crippen LogP contribution in [0.5, 0.6) is 17.4 Å². The van der Waals surface area contributed by atoms with Crippen molar-refractivity contribution >= 4 is 29.3 Å². The molecule has 0 aliphatic rings. The van der Waals surface area contributed by atoms with Gasteiger partial charge in [0.25, 0.3) is 0 Å². The van der Waals surface area contributed by atoms with E-state index < -0.39 is 0 Å². The van der Waals surface area contributed by atoms with Crippen LogP contribution >= 0.6 is 23.2 Å². The Morgan fingerprint density at radius 1 is 1.17 bits per heavy atom. The molecule has 0 saturated carbocycles. The molecule has 2 heterocycles. The summed E-state index contributed by atoms with van der Waals surface area (Å²) in [5.41, 5.74) is 2.95. The molecule has 0 aliphatic heterocycles. The van der Waals surface area contributed by atoms with Crippen molar-refractivity contribution in [3.63, 3.8) is 0 Å². The Hall–Kier alpha value is -3.07. The summed E-state index contributed by atoms with van der Waals surface area (Å²) >= 11 is 12.6. The number of ether oxygens (including phenoxy) is 2. The summed E-state index contributed by atoms with van der Waals surface area (Å²) in [5, 5.41) is 9.83. The maximum atomic E-state index is 9.18. The van der Waals surface area contributed by atoms with Gasteiger partial charge in [0.05, 0.1) is 18.7 Å². The van der Waals surface area contributed by atoms with Crippen molar-refractivity contribution in [3.8, 4) is 23.4 Å². The topological polar surface area (TPSA) is 68.0 Å². The number of benzene rings is 1. The zero-order valence-electron chi connectivity index (χ0n) is 15.8. The van der Waals surface area contributed by atoms with Gasteiger partial charge in [0, 0.05) is 28.7 Å². The summed E-state index contributed by atoms with van der Waals surface area (Å²) in [7, 11) is 1.49. The fraction of sp³-hybridized carbons (Fsp3) is 0.136. The average Bonchev–Trinajstić information content (AvgIpc) is 2.72. The first kappa shape index (κ1) is 20.7. The van der Waals surface area contributed by atoms with E-state index in [1.165, 1.54) is 7.11 Å². The summed E-state index contributed by atoms with van der Waals surface area (Å²) in [6, 6.07) is 10.7. The summed E-state index contributed by atoms with van der Waals surface area (Å²) in [4.78, 5) is 8.42. The Balaban J connectivity index is 2.00. The van der Waals surface area contributed by atoms with Crippen LogP contribution in [-0.2, 0) is 6.42 Å². The third-order valence-corrected chi connectivity index (χ3v) is 4.67. The number of rotatable bonds is 6. The van der Waals surface area contributed by atoms with E-state index in [1.807, 2.05) is 31.2 Å². The molecule has 1 aromatic carbocycles. The summed E-state index contributed by atoms with van der Waals surface area (Å²) in [5.74, 6) is 1.09. The standard InChI is InChI=1S/C22H17Cl2N3O2/c1-14-19(5-3-4-15-6-8-26-9-7-15)21(20(24)22(27-14)28-2)29-18-11-16(13-25)10-17(23)12-18/h3-4,6-12H,5H2,1-2H3/b4-3+. The van der Waals surface area contributed by atoms with Gasteiger partial charge in [-0.05, 0) is 49.2 Å². The molecular weight excluding hydrogens is 409 g/mol. The van der Waals surface area contributed by atoms with Crippen molar-refractivity contribution in [2.75, 3.05) is 7.11 Å². The second-order valence-electron chi connectivity index (χ2n) is 6.10. The quantitative estimate of drug-likeness (QED) is 0.482. The number of pyridine rings is 2. The molecule has 0 unspecified atom stereocenters. The molecule has 0 atom stereocenters. The molecule has 0 fully saturated rings. The Bertz CT molecular complexity index is 1090. The number of nitriles is 1. The zero-order valence-corrected chi connectivity index (χ0v) is 17.3. The molecule has 3 aromatic rings. The third-order valence-electron chi connectivity index (χ3n) is 4.12. The number of aryl methyl sites for hydroxylation is 1. The number of hydrogen-bond donors (Lipinski definition) is 0. The number of allylic oxidation sites excluding steroid dienone is 1. The van der Waals surface area contributed by atoms with Gasteiger partial charge in [-0.3, -0.25) is 4.98 Å². The maximum Gasteiger partial charge on any atom is 0.236 e. The van der Waals surface area contributed by atoms with Gasteiger partial charge >= 0.3 is 0 Å². The first-order chi connectivity index (χ1) is 14.0. The number of hydrogen-bond acceptors (Lipinski definition) is 5. The lowest BCUT2D eigenvalue weighted by molar-refractivity contribution is 0.390. The van der Waals surface area contributed by atoms with E-state index in [0.29, 0.717) is 28.5 Å². The van der Waals surface area contributed by atoms with Gasteiger partial charge in [-0.1, -0.05) is 35.4 Å². The second kappa shape index (κ2) is 9.42. The normalized spacial score (nSPS) is 10.7. The van der Waals surface area contributed by atoms with E-state index in [4.69, 9.17) is 32.7 Å². The zero-order chi connectivity index (χ0) is 20.8. The van der Waals surface area contributed by atoms with Crippen LogP contribution in [-0.4, -0.2) is 17.1 Å². The highest BCUT2D eigenvalue weighted by molar-refractivity contribution is 6.33. The van der Waals surface area contributed by atoms with Crippen LogP contribution in [0.25, 0.3) is 6.08 Å². The van der Waals surface area contributed by atoms with Crippen LogP contribution in [0.3, 0.4) is 0 Å². The fourth-order valence-corrected chi connectivity index (χ4v) is 3.23. The van der Waals surface area contributed by atoms with Crippen molar-refractivity contribution in [1.82, 2.24) is 9.97 Å². The van der Waals surface area contributed by atoms with E-state index in [2.05, 4.69) is 16.0 Å². The van der Waals surface area contributed by atoms with E-state index in [1.54, 1.807) is 30.6 Å². The molecular formula is C22H17Cl2N3O2. The van der Waals surface area contributed by atoms with E-state index in [9.17, 15) is 5.26 Å². The molecule has 0 aliphatic carbocycles. The van der Waals surface area contributed by atoms with Gasteiger partial charge in [0.15, 0.2) is 5.75 Å². The minimum absolute atomic E-state index is 0.254. The predicted octanol–water partition coefficient (Wildman–Crippen LogP) is 6.02. The molecule has 5 nitrogen and oxygen atoms in total. The lowest BCUT2D eigenvalue weighted by Crippen LogP contribution is -2.01. The highest BCUT2D eigenvalue weighted by atomic mass is 35.5. The number of halogens is 2. The van der Waals surface area contributed by atoms with Gasteiger partial charge in [0.1, 0.15) is 10.8 Å². The minimum Gasteiger partial charge on any atom is -0.480 e. The largest absolute Gasteiger partial charge is 0.480 e. The third kappa shape index (κ3) is 5.05. The summed E-state index contributed by atoms with van der Waals surface area (Å²) in [6.07, 6.45) is 7.98. The average molecular weight is 426 g/mol. The van der Waals surface area contributed by atoms with Crippen LogP contribution in [0.4, 0.5) is 0 Å². The number of nitrogens with zero attached hydrogens (tertiary/aromatic N) is 3. The second-order valence-corrected chi connectivity index (χ2v) is 6.92. The fourth-order valence-electron chi connectivity index (χ4n) is 2.74. The molecule has 0 amide bonds. The van der Waals surface area contributed by atoms with E-state index >= 15 is 0 Å². The van der Waals surface area contributed by atoms with Crippen molar-refractivity contribution < 1.29 is 9.47 Å². The highest BCUT2D eigenvalue weighted by Crippen LogP contribution is 2.40. The van der Waals surface area contributed by atoms with Crippen molar-refractivity contribution in [2.45, 2.75) is 13.3 Å². The van der Waals surface area contributed by atoms with E-state index in [0.717, 1.165) is 16.8 Å². The number of aromatic nitrogens is 2. The summed E-state index contributed by atoms with van der Waals surface area (Å²) < 4.78 is 11.3. The van der Waals surface area contributed by atoms with Gasteiger partial charge < -0.3 is 9.47 Å². The van der Waals surface area contributed by atoms with Gasteiger partial charge in [0.2, 0.25) is 5.88 Å². The highest BCUT2D eigenvalue weighted by Gasteiger charge is 2.19. The van der Waals surface area contributed by atoms with Crippen LogP contribution in [0.2, 0.25) is 10.0 Å². The van der Waals surface area contributed by atoms with Crippen LogP contribution in [0, 0.1) is 18.3 Å². The Morgan fingerprint density at radius 2 is 1.93 bits per heavy atom. The molecule has 29 heavy (non-hydrogen) atoms. The van der Waals surface area contributed by atoms with Crippen LogP contribution < -0.4 is 9.47 Å². The molecule has 0 bridgehead atoms. The number of methoxy groups -OCH3 is 1. The monoisotopic (exact) mass is 425 g/mol. The maximum absolute atomic E-state index is 9.18. The molecule has 0 saturated heterocycles. The first-order valence-corrected chi connectivity index (χ1v) is 9.45. The van der Waals surface area contributed by atoms with Crippen molar-refractivity contribution in [1.29, 1.82) is 5.26 Å². The lowest BCUT2D eigenvalue weighted by atomic mass is 10.1.